The van der Waals surface area contributed by atoms with E-state index in [2.05, 4.69) is 20.6 Å². The Kier molecular flexibility index (Phi) is 4.66. The number of nitrogens with one attached hydrogen (secondary N) is 3. The number of benzene rings is 2. The summed E-state index contributed by atoms with van der Waals surface area (Å²) in [6.07, 6.45) is 3.25. The number of pyridine rings is 1. The van der Waals surface area contributed by atoms with Gasteiger partial charge < -0.3 is 21.4 Å². The highest BCUT2D eigenvalue weighted by Crippen LogP contribution is 2.32. The molecule has 2 aromatic carbocycles. The minimum absolute atomic E-state index is 0.0834. The van der Waals surface area contributed by atoms with Crippen molar-refractivity contribution in [1.29, 1.82) is 0 Å². The number of halogens is 1. The molecule has 0 spiro atoms. The number of hydrogen-bond donors (Lipinski definition) is 4. The number of aromatic amines is 1. The number of carbonyl (C=O) groups excluding carboxylic acids is 2. The summed E-state index contributed by atoms with van der Waals surface area (Å²) in [5.74, 6) is -1.10. The molecule has 0 radical (unpaired) electrons. The van der Waals surface area contributed by atoms with Crippen molar-refractivity contribution >= 4 is 34.2 Å². The van der Waals surface area contributed by atoms with Crippen molar-refractivity contribution in [3.8, 4) is 11.1 Å². The van der Waals surface area contributed by atoms with Gasteiger partial charge in [-0.3, -0.25) is 9.78 Å². The molecule has 0 fully saturated rings. The number of anilines is 2. The predicted molar refractivity (Wildman–Crippen MR) is 109 cm³/mol. The normalized spacial score (nSPS) is 10.7. The largest absolute Gasteiger partial charge is 0.364 e. The fourth-order valence-electron chi connectivity index (χ4n) is 3.10. The third-order valence-corrected chi connectivity index (χ3v) is 4.40. The first-order valence-corrected chi connectivity index (χ1v) is 8.71. The molecule has 29 heavy (non-hydrogen) atoms. The molecule has 5 N–H and O–H groups in total. The van der Waals surface area contributed by atoms with E-state index in [-0.39, 0.29) is 11.4 Å². The number of rotatable bonds is 4. The molecule has 2 aromatic heterocycles. The van der Waals surface area contributed by atoms with Gasteiger partial charge in [-0.25, -0.2) is 9.18 Å². The highest BCUT2D eigenvalue weighted by Gasteiger charge is 2.17. The fourth-order valence-corrected chi connectivity index (χ4v) is 3.10. The Hall–Kier alpha value is -4.20. The zero-order valence-corrected chi connectivity index (χ0v) is 15.1. The van der Waals surface area contributed by atoms with Gasteiger partial charge in [0.05, 0.1) is 17.4 Å². The second-order valence-corrected chi connectivity index (χ2v) is 6.30. The van der Waals surface area contributed by atoms with E-state index in [1.165, 1.54) is 18.2 Å². The zero-order chi connectivity index (χ0) is 20.4. The predicted octanol–water partition coefficient (Wildman–Crippen LogP) is 4.11. The van der Waals surface area contributed by atoms with Gasteiger partial charge in [-0.15, -0.1) is 0 Å². The molecule has 3 amide bonds. The van der Waals surface area contributed by atoms with Gasteiger partial charge in [0, 0.05) is 22.8 Å². The summed E-state index contributed by atoms with van der Waals surface area (Å²) < 4.78 is 13.6. The Balaban J connectivity index is 1.58. The number of carbonyl (C=O) groups is 2. The zero-order valence-electron chi connectivity index (χ0n) is 15.1. The maximum absolute atomic E-state index is 13.6. The summed E-state index contributed by atoms with van der Waals surface area (Å²) in [6, 6.07) is 14.0. The lowest BCUT2D eigenvalue weighted by Gasteiger charge is -2.09. The average Bonchev–Trinajstić information content (AvgIpc) is 3.10. The van der Waals surface area contributed by atoms with Crippen LogP contribution in [0.5, 0.6) is 0 Å². The Morgan fingerprint density at radius 2 is 1.76 bits per heavy atom. The van der Waals surface area contributed by atoms with Crippen molar-refractivity contribution in [3.05, 3.63) is 78.5 Å². The van der Waals surface area contributed by atoms with Crippen molar-refractivity contribution < 1.29 is 14.0 Å². The van der Waals surface area contributed by atoms with Crippen LogP contribution < -0.4 is 16.4 Å². The van der Waals surface area contributed by atoms with Gasteiger partial charge in [-0.05, 0) is 35.9 Å². The van der Waals surface area contributed by atoms with Crippen LogP contribution in [0.15, 0.2) is 67.0 Å². The van der Waals surface area contributed by atoms with E-state index < -0.39 is 17.8 Å². The molecule has 0 bridgehead atoms. The highest BCUT2D eigenvalue weighted by atomic mass is 19.1. The van der Waals surface area contributed by atoms with Gasteiger partial charge in [0.2, 0.25) is 0 Å². The lowest BCUT2D eigenvalue weighted by Crippen LogP contribution is -2.20. The minimum atomic E-state index is -0.581. The molecular weight excluding hydrogens is 373 g/mol. The van der Waals surface area contributed by atoms with Crippen molar-refractivity contribution in [1.82, 2.24) is 9.97 Å². The molecule has 0 unspecified atom stereocenters. The van der Waals surface area contributed by atoms with Gasteiger partial charge >= 0.3 is 6.03 Å². The molecule has 0 aliphatic rings. The average molecular weight is 389 g/mol. The van der Waals surface area contributed by atoms with Gasteiger partial charge in [0.1, 0.15) is 11.5 Å². The molecule has 0 atom stereocenters. The number of para-hydroxylation sites is 1. The summed E-state index contributed by atoms with van der Waals surface area (Å²) >= 11 is 0. The standard InChI is InChI=1S/C21H16FN5O2/c22-15-3-1-2-4-16(15)27-21(29)25-13-7-5-12(6-8-13)18-14-9-10-24-11-17(14)26-19(18)20(23)28/h1-11,26H,(H2,23,28)(H2,25,27,29). The molecule has 2 heterocycles. The van der Waals surface area contributed by atoms with E-state index in [9.17, 15) is 14.0 Å². The summed E-state index contributed by atoms with van der Waals surface area (Å²) in [4.78, 5) is 31.0. The molecular formula is C21H16FN5O2. The topological polar surface area (TPSA) is 113 Å². The molecule has 8 heteroatoms. The van der Waals surface area contributed by atoms with Gasteiger partial charge in [0.25, 0.3) is 5.91 Å². The Bertz CT molecular complexity index is 1220. The maximum atomic E-state index is 13.6. The first-order chi connectivity index (χ1) is 14.0. The van der Waals surface area contributed by atoms with Gasteiger partial charge in [-0.2, -0.15) is 0 Å². The van der Waals surface area contributed by atoms with Crippen LogP contribution in [0.4, 0.5) is 20.6 Å². The van der Waals surface area contributed by atoms with E-state index in [0.29, 0.717) is 16.8 Å². The molecule has 4 aromatic rings. The molecule has 144 valence electrons. The van der Waals surface area contributed by atoms with Crippen molar-refractivity contribution in [2.75, 3.05) is 10.6 Å². The van der Waals surface area contributed by atoms with E-state index in [0.717, 1.165) is 10.9 Å². The first kappa shape index (κ1) is 18.2. The minimum Gasteiger partial charge on any atom is -0.364 e. The van der Waals surface area contributed by atoms with E-state index in [1.54, 1.807) is 48.8 Å². The van der Waals surface area contributed by atoms with Crippen LogP contribution in [-0.4, -0.2) is 21.9 Å². The number of hydrogen-bond acceptors (Lipinski definition) is 3. The van der Waals surface area contributed by atoms with Crippen LogP contribution in [0.1, 0.15) is 10.5 Å². The van der Waals surface area contributed by atoms with Crippen molar-refractivity contribution in [2.24, 2.45) is 5.73 Å². The number of nitrogens with zero attached hydrogens (tertiary/aromatic N) is 1. The van der Waals surface area contributed by atoms with Crippen LogP contribution in [0.25, 0.3) is 22.0 Å². The van der Waals surface area contributed by atoms with Crippen LogP contribution in [0, 0.1) is 5.82 Å². The number of aromatic nitrogens is 2. The third-order valence-electron chi connectivity index (χ3n) is 4.40. The van der Waals surface area contributed by atoms with Crippen LogP contribution in [0.2, 0.25) is 0 Å². The van der Waals surface area contributed by atoms with Crippen LogP contribution >= 0.6 is 0 Å². The van der Waals surface area contributed by atoms with Gasteiger partial charge in [0.15, 0.2) is 0 Å². The molecule has 4 rings (SSSR count). The monoisotopic (exact) mass is 389 g/mol. The second-order valence-electron chi connectivity index (χ2n) is 6.30. The van der Waals surface area contributed by atoms with Crippen LogP contribution in [0.3, 0.4) is 0 Å². The SMILES string of the molecule is NC(=O)c1[nH]c2cnccc2c1-c1ccc(NC(=O)Nc2ccccc2F)cc1. The third kappa shape index (κ3) is 3.63. The van der Waals surface area contributed by atoms with E-state index >= 15 is 0 Å². The highest BCUT2D eigenvalue weighted by molar-refractivity contribution is 6.09. The fraction of sp³-hybridized carbons (Fsp3) is 0. The molecule has 0 saturated heterocycles. The van der Waals surface area contributed by atoms with E-state index in [4.69, 9.17) is 5.73 Å². The number of nitrogens with two attached hydrogens (primary N) is 1. The number of primary amides is 1. The summed E-state index contributed by atoms with van der Waals surface area (Å²) in [7, 11) is 0. The van der Waals surface area contributed by atoms with Crippen molar-refractivity contribution in [3.63, 3.8) is 0 Å². The Labute approximate surface area is 164 Å². The van der Waals surface area contributed by atoms with Gasteiger partial charge in [-0.1, -0.05) is 24.3 Å². The summed E-state index contributed by atoms with van der Waals surface area (Å²) in [6.45, 7) is 0. The second kappa shape index (κ2) is 7.43. The number of urea groups is 1. The number of fused-ring (bicyclic) bond motifs is 1. The van der Waals surface area contributed by atoms with Crippen LogP contribution in [-0.2, 0) is 0 Å². The lowest BCUT2D eigenvalue weighted by atomic mass is 10.0. The Morgan fingerprint density at radius 3 is 2.48 bits per heavy atom. The maximum Gasteiger partial charge on any atom is 0.323 e. The smallest absolute Gasteiger partial charge is 0.323 e. The summed E-state index contributed by atoms with van der Waals surface area (Å²) in [5, 5.41) is 5.90. The molecule has 0 saturated carbocycles. The first-order valence-electron chi connectivity index (χ1n) is 8.71. The number of amides is 3. The lowest BCUT2D eigenvalue weighted by molar-refractivity contribution is 0.0997. The number of H-pyrrole nitrogens is 1. The van der Waals surface area contributed by atoms with E-state index in [1.807, 2.05) is 0 Å². The molecule has 7 nitrogen and oxygen atoms in total. The van der Waals surface area contributed by atoms with Crippen molar-refractivity contribution in [2.45, 2.75) is 0 Å². The summed E-state index contributed by atoms with van der Waals surface area (Å²) in [5.41, 5.74) is 8.49. The Morgan fingerprint density at radius 1 is 1.00 bits per heavy atom. The molecule has 0 aliphatic carbocycles. The molecule has 0 aliphatic heterocycles. The quantitative estimate of drug-likeness (QED) is 0.421.